The van der Waals surface area contributed by atoms with E-state index in [1.54, 1.807) is 48.5 Å². The molecule has 6 heteroatoms. The van der Waals surface area contributed by atoms with Gasteiger partial charge in [-0.3, -0.25) is 4.79 Å². The first-order chi connectivity index (χ1) is 11.5. The first kappa shape index (κ1) is 17.6. The Hall–Kier alpha value is -2.73. The van der Waals surface area contributed by atoms with E-state index >= 15 is 0 Å². The van der Waals surface area contributed by atoms with Crippen LogP contribution in [-0.2, 0) is 4.79 Å². The van der Waals surface area contributed by atoms with Gasteiger partial charge in [-0.25, -0.2) is 4.79 Å². The lowest BCUT2D eigenvalue weighted by Crippen LogP contribution is -2.14. The lowest BCUT2D eigenvalue weighted by molar-refractivity contribution is -0.134. The minimum atomic E-state index is -0.613. The van der Waals surface area contributed by atoms with Crippen molar-refractivity contribution in [3.8, 4) is 11.5 Å². The number of ether oxygens (including phenoxy) is 2. The number of carbonyl (C=O) groups excluding carboxylic acids is 2. The molecule has 5 nitrogen and oxygen atoms in total. The number of para-hydroxylation sites is 1. The van der Waals surface area contributed by atoms with Gasteiger partial charge in [-0.15, -0.1) is 0 Å². The number of benzene rings is 2. The van der Waals surface area contributed by atoms with Crippen LogP contribution in [0.25, 0.3) is 0 Å². The van der Waals surface area contributed by atoms with Gasteiger partial charge in [0.2, 0.25) is 0 Å². The normalized spacial score (nSPS) is 10.0. The third-order valence-corrected chi connectivity index (χ3v) is 3.37. The lowest BCUT2D eigenvalue weighted by Gasteiger charge is -2.10. The largest absolute Gasteiger partial charge is 0.426 e. The number of carbonyl (C=O) groups is 2. The quantitative estimate of drug-likeness (QED) is 0.493. The summed E-state index contributed by atoms with van der Waals surface area (Å²) in [6.45, 7) is 1.87. The fourth-order valence-corrected chi connectivity index (χ4v) is 2.09. The Balaban J connectivity index is 2.14. The molecule has 0 amide bonds. The number of hydrogen-bond acceptors (Lipinski definition) is 5. The average Bonchev–Trinajstić information content (AvgIpc) is 2.56. The molecular weight excluding hydrogens is 326 g/mol. The fraction of sp³-hybridized carbons (Fsp3) is 0.167. The Kier molecular flexibility index (Phi) is 6.03. The fourth-order valence-electron chi connectivity index (χ4n) is 1.95. The summed E-state index contributed by atoms with van der Waals surface area (Å²) >= 11 is 4.87. The molecule has 0 aliphatic rings. The second kappa shape index (κ2) is 8.21. The number of esters is 2. The highest BCUT2D eigenvalue weighted by Gasteiger charge is 2.16. The average molecular weight is 343 g/mol. The summed E-state index contributed by atoms with van der Waals surface area (Å²) in [7, 11) is 0. The third kappa shape index (κ3) is 4.63. The second-order valence-corrected chi connectivity index (χ2v) is 5.44. The van der Waals surface area contributed by atoms with Gasteiger partial charge in [0.1, 0.15) is 22.1 Å². The van der Waals surface area contributed by atoms with Crippen LogP contribution in [0.15, 0.2) is 48.5 Å². The van der Waals surface area contributed by atoms with Crippen LogP contribution in [0.2, 0.25) is 0 Å². The van der Waals surface area contributed by atoms with Crippen molar-refractivity contribution in [3.05, 3.63) is 59.7 Å². The molecule has 0 unspecified atom stereocenters. The molecule has 0 aliphatic carbocycles. The maximum Gasteiger partial charge on any atom is 0.347 e. The first-order valence-corrected chi connectivity index (χ1v) is 7.84. The Morgan fingerprint density at radius 2 is 1.71 bits per heavy atom. The van der Waals surface area contributed by atoms with E-state index in [0.29, 0.717) is 17.7 Å². The summed E-state index contributed by atoms with van der Waals surface area (Å²) in [5.41, 5.74) is 6.38. The summed E-state index contributed by atoms with van der Waals surface area (Å²) < 4.78 is 10.5. The van der Waals surface area contributed by atoms with E-state index in [9.17, 15) is 9.59 Å². The Labute approximate surface area is 145 Å². The standard InChI is InChI=1S/C18H17NO4S/c1-2-5-16(20)23-15-7-4-3-6-14(15)18(21)22-13-10-8-12(9-11-13)17(19)24/h3-4,6-11H,2,5H2,1H3,(H2,19,24). The number of hydrogen-bond donors (Lipinski definition) is 1. The first-order valence-electron chi connectivity index (χ1n) is 7.43. The number of rotatable bonds is 6. The van der Waals surface area contributed by atoms with Crippen molar-refractivity contribution in [2.45, 2.75) is 19.8 Å². The second-order valence-electron chi connectivity index (χ2n) is 5.00. The van der Waals surface area contributed by atoms with Crippen molar-refractivity contribution in [1.29, 1.82) is 0 Å². The van der Waals surface area contributed by atoms with Crippen molar-refractivity contribution in [3.63, 3.8) is 0 Å². The van der Waals surface area contributed by atoms with E-state index in [-0.39, 0.29) is 22.7 Å². The molecule has 0 atom stereocenters. The number of nitrogens with two attached hydrogens (primary N) is 1. The molecule has 0 saturated carbocycles. The summed E-state index contributed by atoms with van der Waals surface area (Å²) in [5.74, 6) is -0.480. The highest BCUT2D eigenvalue weighted by atomic mass is 32.1. The van der Waals surface area contributed by atoms with Crippen LogP contribution in [0.1, 0.15) is 35.7 Å². The van der Waals surface area contributed by atoms with E-state index in [1.807, 2.05) is 6.92 Å². The van der Waals surface area contributed by atoms with E-state index in [4.69, 9.17) is 27.4 Å². The molecule has 0 aromatic heterocycles. The zero-order valence-corrected chi connectivity index (χ0v) is 14.0. The highest BCUT2D eigenvalue weighted by Crippen LogP contribution is 2.21. The van der Waals surface area contributed by atoms with Crippen molar-refractivity contribution in [2.75, 3.05) is 0 Å². The SMILES string of the molecule is CCCC(=O)Oc1ccccc1C(=O)Oc1ccc(C(N)=S)cc1. The van der Waals surface area contributed by atoms with Gasteiger partial charge >= 0.3 is 11.9 Å². The summed E-state index contributed by atoms with van der Waals surface area (Å²) in [4.78, 5) is 24.2. The van der Waals surface area contributed by atoms with E-state index in [1.165, 1.54) is 0 Å². The monoisotopic (exact) mass is 343 g/mol. The summed E-state index contributed by atoms with van der Waals surface area (Å²) in [5, 5.41) is 0. The molecule has 24 heavy (non-hydrogen) atoms. The zero-order chi connectivity index (χ0) is 17.5. The summed E-state index contributed by atoms with van der Waals surface area (Å²) in [6, 6.07) is 13.0. The molecule has 2 N–H and O–H groups in total. The van der Waals surface area contributed by atoms with Gasteiger partial charge in [0.25, 0.3) is 0 Å². The minimum absolute atomic E-state index is 0.181. The molecular formula is C18H17NO4S. The van der Waals surface area contributed by atoms with Gasteiger partial charge in [0.15, 0.2) is 0 Å². The van der Waals surface area contributed by atoms with E-state index < -0.39 is 11.9 Å². The molecule has 124 valence electrons. The third-order valence-electron chi connectivity index (χ3n) is 3.13. The van der Waals surface area contributed by atoms with Gasteiger partial charge < -0.3 is 15.2 Å². The van der Waals surface area contributed by atoms with Crippen LogP contribution < -0.4 is 15.2 Å². The highest BCUT2D eigenvalue weighted by molar-refractivity contribution is 7.80. The molecule has 0 radical (unpaired) electrons. The van der Waals surface area contributed by atoms with Crippen LogP contribution in [0, 0.1) is 0 Å². The van der Waals surface area contributed by atoms with Crippen LogP contribution in [-0.4, -0.2) is 16.9 Å². The molecule has 0 saturated heterocycles. The Bertz CT molecular complexity index is 756. The Morgan fingerprint density at radius 3 is 2.33 bits per heavy atom. The molecule has 0 aliphatic heterocycles. The van der Waals surface area contributed by atoms with Crippen molar-refractivity contribution in [1.82, 2.24) is 0 Å². The van der Waals surface area contributed by atoms with E-state index in [2.05, 4.69) is 0 Å². The number of thiocarbonyl (C=S) groups is 1. The molecule has 0 heterocycles. The topological polar surface area (TPSA) is 78.6 Å². The van der Waals surface area contributed by atoms with Crippen molar-refractivity contribution < 1.29 is 19.1 Å². The predicted molar refractivity (Wildman–Crippen MR) is 94.3 cm³/mol. The van der Waals surface area contributed by atoms with Gasteiger partial charge in [-0.1, -0.05) is 31.3 Å². The van der Waals surface area contributed by atoms with Crippen LogP contribution >= 0.6 is 12.2 Å². The van der Waals surface area contributed by atoms with Gasteiger partial charge in [-0.2, -0.15) is 0 Å². The van der Waals surface area contributed by atoms with Gasteiger partial charge in [0.05, 0.1) is 0 Å². The molecule has 2 rings (SSSR count). The maximum absolute atomic E-state index is 12.3. The van der Waals surface area contributed by atoms with Crippen molar-refractivity contribution in [2.24, 2.45) is 5.73 Å². The predicted octanol–water partition coefficient (Wildman–Crippen LogP) is 3.25. The van der Waals surface area contributed by atoms with Crippen LogP contribution in [0.5, 0.6) is 11.5 Å². The summed E-state index contributed by atoms with van der Waals surface area (Å²) in [6.07, 6.45) is 0.949. The Morgan fingerprint density at radius 1 is 1.04 bits per heavy atom. The molecule has 0 bridgehead atoms. The lowest BCUT2D eigenvalue weighted by atomic mass is 10.2. The van der Waals surface area contributed by atoms with Gasteiger partial charge in [0, 0.05) is 12.0 Å². The molecule has 0 spiro atoms. The zero-order valence-electron chi connectivity index (χ0n) is 13.2. The minimum Gasteiger partial charge on any atom is -0.426 e. The van der Waals surface area contributed by atoms with Crippen molar-refractivity contribution >= 4 is 29.1 Å². The molecule has 2 aromatic rings. The maximum atomic E-state index is 12.3. The van der Waals surface area contributed by atoms with E-state index in [0.717, 1.165) is 0 Å². The van der Waals surface area contributed by atoms with Gasteiger partial charge in [-0.05, 0) is 42.8 Å². The molecule has 0 fully saturated rings. The van der Waals surface area contributed by atoms with Crippen LogP contribution in [0.4, 0.5) is 0 Å². The smallest absolute Gasteiger partial charge is 0.347 e. The molecule has 2 aromatic carbocycles. The van der Waals surface area contributed by atoms with Crippen LogP contribution in [0.3, 0.4) is 0 Å².